The van der Waals surface area contributed by atoms with Crippen LogP contribution < -0.4 is 0 Å². The summed E-state index contributed by atoms with van der Waals surface area (Å²) in [5.41, 5.74) is 0. The normalized spacial score (nSPS) is 9.92. The van der Waals surface area contributed by atoms with E-state index in [4.69, 9.17) is 10.2 Å². The average Bonchev–Trinajstić information content (AvgIpc) is 2.43. The van der Waals surface area contributed by atoms with Gasteiger partial charge in [-0.2, -0.15) is 0 Å². The molecule has 1 rings (SSSR count). The number of nitrogens with zero attached hydrogens (tertiary/aromatic N) is 1. The van der Waals surface area contributed by atoms with Gasteiger partial charge in [-0.3, -0.25) is 9.36 Å². The molecule has 1 heterocycles. The molecule has 0 atom stereocenters. The fourth-order valence-electron chi connectivity index (χ4n) is 0.981. The van der Waals surface area contributed by atoms with E-state index in [1.807, 2.05) is 0 Å². The lowest BCUT2D eigenvalue weighted by Gasteiger charge is -2.04. The summed E-state index contributed by atoms with van der Waals surface area (Å²) in [6.07, 6.45) is 0.117. The summed E-state index contributed by atoms with van der Waals surface area (Å²) in [6, 6.07) is 2.71. The SMILES string of the molecule is COC(=O)CCn1c(O)ccc1O. The zero-order chi connectivity index (χ0) is 9.84. The van der Waals surface area contributed by atoms with Crippen LogP contribution in [0, 0.1) is 0 Å². The second-order valence-electron chi connectivity index (χ2n) is 2.53. The Balaban J connectivity index is 2.58. The number of aromatic nitrogens is 1. The Kier molecular flexibility index (Phi) is 2.79. The Morgan fingerprint density at radius 3 is 2.46 bits per heavy atom. The van der Waals surface area contributed by atoms with Gasteiger partial charge in [0.2, 0.25) is 0 Å². The first-order valence-electron chi connectivity index (χ1n) is 3.79. The molecule has 13 heavy (non-hydrogen) atoms. The third-order valence-corrected chi connectivity index (χ3v) is 1.70. The quantitative estimate of drug-likeness (QED) is 0.671. The third kappa shape index (κ3) is 2.14. The standard InChI is InChI=1S/C8H11NO4/c1-13-8(12)4-5-9-6(10)2-3-7(9)11/h2-3,10-11H,4-5H2,1H3. The van der Waals surface area contributed by atoms with Crippen LogP contribution in [0.3, 0.4) is 0 Å². The van der Waals surface area contributed by atoms with Crippen LogP contribution in [0.2, 0.25) is 0 Å². The lowest BCUT2D eigenvalue weighted by Crippen LogP contribution is -2.06. The lowest BCUT2D eigenvalue weighted by atomic mass is 10.4. The Bertz CT molecular complexity index is 286. The highest BCUT2D eigenvalue weighted by molar-refractivity contribution is 5.69. The Morgan fingerprint density at radius 2 is 2.00 bits per heavy atom. The number of carbonyl (C=O) groups excluding carboxylic acids is 1. The summed E-state index contributed by atoms with van der Waals surface area (Å²) >= 11 is 0. The van der Waals surface area contributed by atoms with Crippen LogP contribution in [-0.2, 0) is 16.1 Å². The molecule has 72 valence electrons. The van der Waals surface area contributed by atoms with Crippen LogP contribution in [-0.4, -0.2) is 27.9 Å². The second kappa shape index (κ2) is 3.84. The molecule has 0 saturated carbocycles. The molecule has 1 aromatic rings. The first-order chi connectivity index (χ1) is 6.15. The molecule has 0 radical (unpaired) electrons. The maximum Gasteiger partial charge on any atom is 0.307 e. The average molecular weight is 185 g/mol. The first kappa shape index (κ1) is 9.44. The fraction of sp³-hybridized carbons (Fsp3) is 0.375. The molecule has 1 aromatic heterocycles. The van der Waals surface area contributed by atoms with Gasteiger partial charge in [-0.25, -0.2) is 0 Å². The number of carbonyl (C=O) groups is 1. The Hall–Kier alpha value is -1.65. The molecule has 0 aliphatic heterocycles. The highest BCUT2D eigenvalue weighted by atomic mass is 16.5. The second-order valence-corrected chi connectivity index (χ2v) is 2.53. The smallest absolute Gasteiger partial charge is 0.307 e. The molecule has 0 aromatic carbocycles. The van der Waals surface area contributed by atoms with Gasteiger partial charge in [0, 0.05) is 18.7 Å². The van der Waals surface area contributed by atoms with Crippen molar-refractivity contribution < 1.29 is 19.7 Å². The van der Waals surface area contributed by atoms with Gasteiger partial charge in [0.15, 0.2) is 11.8 Å². The van der Waals surface area contributed by atoms with E-state index in [0.717, 1.165) is 0 Å². The van der Waals surface area contributed by atoms with Gasteiger partial charge in [-0.05, 0) is 0 Å². The molecule has 5 nitrogen and oxygen atoms in total. The van der Waals surface area contributed by atoms with Gasteiger partial charge >= 0.3 is 5.97 Å². The minimum absolute atomic E-state index is 0.0681. The van der Waals surface area contributed by atoms with Crippen molar-refractivity contribution in [3.63, 3.8) is 0 Å². The predicted molar refractivity (Wildman–Crippen MR) is 44.4 cm³/mol. The molecule has 0 aliphatic rings. The molecule has 0 unspecified atom stereocenters. The van der Waals surface area contributed by atoms with Crippen LogP contribution in [0.5, 0.6) is 11.8 Å². The van der Waals surface area contributed by atoms with Crippen molar-refractivity contribution in [2.45, 2.75) is 13.0 Å². The maximum atomic E-state index is 10.7. The van der Waals surface area contributed by atoms with Gasteiger partial charge in [0.1, 0.15) is 0 Å². The van der Waals surface area contributed by atoms with Crippen molar-refractivity contribution in [2.24, 2.45) is 0 Å². The Morgan fingerprint density at radius 1 is 1.46 bits per heavy atom. The number of hydrogen-bond donors (Lipinski definition) is 2. The number of hydrogen-bond acceptors (Lipinski definition) is 4. The van der Waals surface area contributed by atoms with Crippen molar-refractivity contribution >= 4 is 5.97 Å². The molecule has 0 bridgehead atoms. The largest absolute Gasteiger partial charge is 0.494 e. The highest BCUT2D eigenvalue weighted by Crippen LogP contribution is 2.20. The zero-order valence-electron chi connectivity index (χ0n) is 7.23. The molecule has 0 aliphatic carbocycles. The number of methoxy groups -OCH3 is 1. The van der Waals surface area contributed by atoms with Crippen LogP contribution in [0.4, 0.5) is 0 Å². The summed E-state index contributed by atoms with van der Waals surface area (Å²) < 4.78 is 5.63. The summed E-state index contributed by atoms with van der Waals surface area (Å²) in [6.45, 7) is 0.206. The highest BCUT2D eigenvalue weighted by Gasteiger charge is 2.07. The number of aromatic hydroxyl groups is 2. The minimum atomic E-state index is -0.382. The van der Waals surface area contributed by atoms with Crippen LogP contribution in [0.15, 0.2) is 12.1 Å². The van der Waals surface area contributed by atoms with Crippen molar-refractivity contribution in [2.75, 3.05) is 7.11 Å². The number of esters is 1. The van der Waals surface area contributed by atoms with E-state index in [1.54, 1.807) is 0 Å². The predicted octanol–water partition coefficient (Wildman–Crippen LogP) is 0.462. The molecular formula is C8H11NO4. The topological polar surface area (TPSA) is 71.7 Å². The Labute approximate surface area is 75.2 Å². The zero-order valence-corrected chi connectivity index (χ0v) is 7.23. The molecule has 0 saturated heterocycles. The summed E-state index contributed by atoms with van der Waals surface area (Å²) in [5.74, 6) is -0.518. The van der Waals surface area contributed by atoms with Crippen molar-refractivity contribution in [1.29, 1.82) is 0 Å². The van der Waals surface area contributed by atoms with Gasteiger partial charge in [0.05, 0.1) is 13.5 Å². The fourth-order valence-corrected chi connectivity index (χ4v) is 0.981. The summed E-state index contributed by atoms with van der Waals surface area (Å²) in [7, 11) is 1.29. The van der Waals surface area contributed by atoms with Crippen LogP contribution in [0.1, 0.15) is 6.42 Å². The monoisotopic (exact) mass is 185 g/mol. The van der Waals surface area contributed by atoms with E-state index in [-0.39, 0.29) is 30.7 Å². The van der Waals surface area contributed by atoms with Crippen molar-refractivity contribution in [1.82, 2.24) is 4.57 Å². The molecule has 0 fully saturated rings. The van der Waals surface area contributed by atoms with E-state index in [0.29, 0.717) is 0 Å². The molecule has 2 N–H and O–H groups in total. The molecular weight excluding hydrogens is 174 g/mol. The van der Waals surface area contributed by atoms with Crippen molar-refractivity contribution in [3.05, 3.63) is 12.1 Å². The summed E-state index contributed by atoms with van der Waals surface area (Å²) in [4.78, 5) is 10.7. The summed E-state index contributed by atoms with van der Waals surface area (Å²) in [5, 5.41) is 18.3. The van der Waals surface area contributed by atoms with Gasteiger partial charge < -0.3 is 14.9 Å². The van der Waals surface area contributed by atoms with E-state index in [2.05, 4.69) is 4.74 Å². The number of ether oxygens (including phenoxy) is 1. The van der Waals surface area contributed by atoms with Crippen LogP contribution >= 0.6 is 0 Å². The number of rotatable bonds is 3. The molecule has 0 spiro atoms. The van der Waals surface area contributed by atoms with E-state index < -0.39 is 0 Å². The lowest BCUT2D eigenvalue weighted by molar-refractivity contribution is -0.140. The van der Waals surface area contributed by atoms with Crippen LogP contribution in [0.25, 0.3) is 0 Å². The van der Waals surface area contributed by atoms with E-state index in [9.17, 15) is 4.79 Å². The molecule has 5 heteroatoms. The molecule has 0 amide bonds. The van der Waals surface area contributed by atoms with E-state index >= 15 is 0 Å². The minimum Gasteiger partial charge on any atom is -0.494 e. The van der Waals surface area contributed by atoms with Gasteiger partial charge in [-0.15, -0.1) is 0 Å². The van der Waals surface area contributed by atoms with Gasteiger partial charge in [0.25, 0.3) is 0 Å². The van der Waals surface area contributed by atoms with E-state index in [1.165, 1.54) is 23.8 Å². The maximum absolute atomic E-state index is 10.7. The third-order valence-electron chi connectivity index (χ3n) is 1.70. The van der Waals surface area contributed by atoms with Crippen molar-refractivity contribution in [3.8, 4) is 11.8 Å². The van der Waals surface area contributed by atoms with Gasteiger partial charge in [-0.1, -0.05) is 0 Å². The first-order valence-corrected chi connectivity index (χ1v) is 3.79.